The van der Waals surface area contributed by atoms with Gasteiger partial charge in [0.1, 0.15) is 0 Å². The second-order valence-corrected chi connectivity index (χ2v) is 5.49. The number of esters is 1. The van der Waals surface area contributed by atoms with E-state index in [2.05, 4.69) is 4.74 Å². The van der Waals surface area contributed by atoms with E-state index in [0.717, 1.165) is 18.7 Å². The van der Waals surface area contributed by atoms with Crippen LogP contribution in [-0.4, -0.2) is 13.1 Å². The van der Waals surface area contributed by atoms with E-state index in [4.69, 9.17) is 0 Å². The maximum absolute atomic E-state index is 13.3. The van der Waals surface area contributed by atoms with Crippen molar-refractivity contribution in [2.24, 2.45) is 0 Å². The van der Waals surface area contributed by atoms with Crippen molar-refractivity contribution in [3.63, 3.8) is 0 Å². The van der Waals surface area contributed by atoms with Crippen LogP contribution in [0.4, 0.5) is 13.2 Å². The molecule has 2 aromatic rings. The monoisotopic (exact) mass is 322 g/mol. The average molecular weight is 322 g/mol. The van der Waals surface area contributed by atoms with Crippen LogP contribution >= 0.6 is 0 Å². The maximum atomic E-state index is 13.3. The van der Waals surface area contributed by atoms with Gasteiger partial charge >= 0.3 is 12.1 Å². The highest BCUT2D eigenvalue weighted by Gasteiger charge is 2.35. The molecule has 0 saturated carbocycles. The van der Waals surface area contributed by atoms with Gasteiger partial charge in [0.05, 0.1) is 18.2 Å². The first-order valence-electron chi connectivity index (χ1n) is 7.14. The summed E-state index contributed by atoms with van der Waals surface area (Å²) in [6.07, 6.45) is -4.56. The number of carbonyl (C=O) groups is 1. The molecule has 122 valence electrons. The minimum Gasteiger partial charge on any atom is -0.465 e. The summed E-state index contributed by atoms with van der Waals surface area (Å²) in [6, 6.07) is 10.3. The summed E-state index contributed by atoms with van der Waals surface area (Å²) in [4.78, 5) is 11.9. The summed E-state index contributed by atoms with van der Waals surface area (Å²) in [5.74, 6) is -0.527. The van der Waals surface area contributed by atoms with E-state index < -0.39 is 17.7 Å². The lowest BCUT2D eigenvalue weighted by Gasteiger charge is -2.17. The summed E-state index contributed by atoms with van der Waals surface area (Å²) in [6.45, 7) is 4.00. The predicted molar refractivity (Wildman–Crippen MR) is 82.3 cm³/mol. The summed E-state index contributed by atoms with van der Waals surface area (Å²) >= 11 is 0. The van der Waals surface area contributed by atoms with Crippen LogP contribution in [0.25, 0.3) is 11.1 Å². The number of benzene rings is 2. The van der Waals surface area contributed by atoms with Gasteiger partial charge in [-0.2, -0.15) is 13.2 Å². The van der Waals surface area contributed by atoms with Crippen LogP contribution in [0.15, 0.2) is 42.5 Å². The molecule has 0 fully saturated rings. The van der Waals surface area contributed by atoms with Crippen LogP contribution in [0, 0.1) is 0 Å². The molecule has 0 atom stereocenters. The van der Waals surface area contributed by atoms with Crippen molar-refractivity contribution in [1.82, 2.24) is 0 Å². The van der Waals surface area contributed by atoms with E-state index in [1.54, 1.807) is 24.3 Å². The van der Waals surface area contributed by atoms with Crippen LogP contribution in [0.2, 0.25) is 0 Å². The first-order chi connectivity index (χ1) is 10.8. The molecule has 0 radical (unpaired) electrons. The minimum atomic E-state index is -4.56. The summed E-state index contributed by atoms with van der Waals surface area (Å²) in [7, 11) is 1.15. The van der Waals surface area contributed by atoms with Gasteiger partial charge < -0.3 is 4.74 Å². The molecule has 0 aliphatic heterocycles. The van der Waals surface area contributed by atoms with Gasteiger partial charge in [-0.05, 0) is 29.2 Å². The van der Waals surface area contributed by atoms with Gasteiger partial charge in [-0.3, -0.25) is 0 Å². The van der Waals surface area contributed by atoms with Gasteiger partial charge in [0.2, 0.25) is 0 Å². The molecule has 2 aromatic carbocycles. The summed E-state index contributed by atoms with van der Waals surface area (Å²) in [5, 5.41) is 0. The molecule has 0 saturated heterocycles. The fourth-order valence-corrected chi connectivity index (χ4v) is 2.41. The first-order valence-corrected chi connectivity index (χ1v) is 7.14. The molecule has 0 aliphatic rings. The molecule has 0 aliphatic carbocycles. The third-order valence-electron chi connectivity index (χ3n) is 3.64. The molecule has 0 bridgehead atoms. The van der Waals surface area contributed by atoms with Crippen LogP contribution in [0.3, 0.4) is 0 Å². The second kappa shape index (κ2) is 6.44. The molecular formula is C18H17F3O2. The molecule has 2 rings (SSSR count). The lowest BCUT2D eigenvalue weighted by atomic mass is 9.92. The van der Waals surface area contributed by atoms with Gasteiger partial charge in [0, 0.05) is 5.56 Å². The normalized spacial score (nSPS) is 11.6. The highest BCUT2D eigenvalue weighted by atomic mass is 19.4. The zero-order valence-corrected chi connectivity index (χ0v) is 13.1. The molecule has 0 amide bonds. The molecule has 0 aromatic heterocycles. The third-order valence-corrected chi connectivity index (χ3v) is 3.64. The zero-order chi connectivity index (χ0) is 17.2. The summed E-state index contributed by atoms with van der Waals surface area (Å²) in [5.41, 5.74) is 0.250. The SMILES string of the molecule is COC(=O)c1cccc(C(F)(F)F)c1-c1ccc(C(C)C)cc1. The van der Waals surface area contributed by atoms with Crippen LogP contribution in [0.5, 0.6) is 0 Å². The fraction of sp³-hybridized carbons (Fsp3) is 0.278. The smallest absolute Gasteiger partial charge is 0.417 e. The Balaban J connectivity index is 2.69. The van der Waals surface area contributed by atoms with Crippen molar-refractivity contribution < 1.29 is 22.7 Å². The molecule has 23 heavy (non-hydrogen) atoms. The summed E-state index contributed by atoms with van der Waals surface area (Å²) < 4.78 is 44.6. The van der Waals surface area contributed by atoms with E-state index >= 15 is 0 Å². The Hall–Kier alpha value is -2.30. The highest BCUT2D eigenvalue weighted by molar-refractivity contribution is 5.98. The van der Waals surface area contributed by atoms with E-state index in [1.165, 1.54) is 12.1 Å². The molecule has 5 heteroatoms. The van der Waals surface area contributed by atoms with Crippen LogP contribution in [-0.2, 0) is 10.9 Å². The molecule has 0 spiro atoms. The van der Waals surface area contributed by atoms with Crippen molar-refractivity contribution in [2.75, 3.05) is 7.11 Å². The van der Waals surface area contributed by atoms with Gasteiger partial charge in [-0.15, -0.1) is 0 Å². The Kier molecular flexibility index (Phi) is 4.78. The van der Waals surface area contributed by atoms with E-state index in [-0.39, 0.29) is 17.0 Å². The lowest BCUT2D eigenvalue weighted by Crippen LogP contribution is -2.12. The Labute approximate surface area is 132 Å². The Morgan fingerprint density at radius 2 is 1.65 bits per heavy atom. The Morgan fingerprint density at radius 1 is 1.04 bits per heavy atom. The third kappa shape index (κ3) is 3.55. The van der Waals surface area contributed by atoms with E-state index in [0.29, 0.717) is 5.56 Å². The molecule has 0 N–H and O–H groups in total. The number of methoxy groups -OCH3 is 1. The van der Waals surface area contributed by atoms with Crippen molar-refractivity contribution in [3.05, 3.63) is 59.2 Å². The zero-order valence-electron chi connectivity index (χ0n) is 13.1. The predicted octanol–water partition coefficient (Wildman–Crippen LogP) is 5.28. The quantitative estimate of drug-likeness (QED) is 0.718. The first kappa shape index (κ1) is 17.1. The van der Waals surface area contributed by atoms with Gasteiger partial charge in [-0.1, -0.05) is 44.2 Å². The number of halogens is 3. The number of hydrogen-bond donors (Lipinski definition) is 0. The van der Waals surface area contributed by atoms with E-state index in [9.17, 15) is 18.0 Å². The van der Waals surface area contributed by atoms with Gasteiger partial charge in [0.25, 0.3) is 0 Å². The van der Waals surface area contributed by atoms with Crippen LogP contribution in [0.1, 0.15) is 41.3 Å². The second-order valence-electron chi connectivity index (χ2n) is 5.49. The van der Waals surface area contributed by atoms with Crippen LogP contribution < -0.4 is 0 Å². The Morgan fingerprint density at radius 3 is 2.13 bits per heavy atom. The maximum Gasteiger partial charge on any atom is 0.417 e. The van der Waals surface area contributed by atoms with Crippen molar-refractivity contribution >= 4 is 5.97 Å². The van der Waals surface area contributed by atoms with Gasteiger partial charge in [-0.25, -0.2) is 4.79 Å². The molecular weight excluding hydrogens is 305 g/mol. The van der Waals surface area contributed by atoms with Crippen molar-refractivity contribution in [2.45, 2.75) is 25.9 Å². The number of hydrogen-bond acceptors (Lipinski definition) is 2. The standard InChI is InChI=1S/C18H17F3O2/c1-11(2)12-7-9-13(10-8-12)16-14(17(22)23-3)5-4-6-15(16)18(19,20)21/h4-11H,1-3H3. The Bertz CT molecular complexity index is 701. The number of carbonyl (C=O) groups excluding carboxylic acids is 1. The fourth-order valence-electron chi connectivity index (χ4n) is 2.41. The topological polar surface area (TPSA) is 26.3 Å². The number of alkyl halides is 3. The average Bonchev–Trinajstić information content (AvgIpc) is 2.52. The van der Waals surface area contributed by atoms with E-state index in [1.807, 2.05) is 13.8 Å². The highest BCUT2D eigenvalue weighted by Crippen LogP contribution is 2.39. The minimum absolute atomic E-state index is 0.0976. The number of rotatable bonds is 3. The largest absolute Gasteiger partial charge is 0.465 e. The van der Waals surface area contributed by atoms with Crippen molar-refractivity contribution in [1.29, 1.82) is 0 Å². The van der Waals surface area contributed by atoms with Gasteiger partial charge in [0.15, 0.2) is 0 Å². The molecule has 2 nitrogen and oxygen atoms in total. The molecule has 0 heterocycles. The van der Waals surface area contributed by atoms with Crippen molar-refractivity contribution in [3.8, 4) is 11.1 Å². The lowest BCUT2D eigenvalue weighted by molar-refractivity contribution is -0.137. The number of ether oxygens (including phenoxy) is 1. The molecule has 0 unspecified atom stereocenters.